The van der Waals surface area contributed by atoms with Gasteiger partial charge in [0, 0.05) is 18.6 Å². The lowest BCUT2D eigenvalue weighted by Crippen LogP contribution is -2.14. The Kier molecular flexibility index (Phi) is 2.99. The van der Waals surface area contributed by atoms with Crippen molar-refractivity contribution in [2.45, 2.75) is 0 Å². The summed E-state index contributed by atoms with van der Waals surface area (Å²) in [5.41, 5.74) is 1.54. The number of fused-ring (bicyclic) bond motifs is 1. The Bertz CT molecular complexity index is 792. The second-order valence-electron chi connectivity index (χ2n) is 4.60. The first kappa shape index (κ1) is 12.4. The van der Waals surface area contributed by atoms with Gasteiger partial charge < -0.3 is 9.88 Å². The van der Waals surface area contributed by atoms with Gasteiger partial charge in [0.25, 0.3) is 5.91 Å². The third kappa shape index (κ3) is 2.05. The van der Waals surface area contributed by atoms with Crippen LogP contribution in [0.25, 0.3) is 10.9 Å². The maximum atomic E-state index is 13.6. The van der Waals surface area contributed by atoms with Crippen LogP contribution in [0.1, 0.15) is 10.4 Å². The van der Waals surface area contributed by atoms with Crippen LogP contribution < -0.4 is 5.32 Å². The van der Waals surface area contributed by atoms with Gasteiger partial charge in [-0.1, -0.05) is 24.3 Å². The maximum Gasteiger partial charge on any atom is 0.257 e. The molecule has 0 fully saturated rings. The van der Waals surface area contributed by atoms with Gasteiger partial charge in [-0.15, -0.1) is 0 Å². The first-order chi connectivity index (χ1) is 9.66. The number of nitrogens with one attached hydrogen (secondary N) is 1. The molecule has 0 radical (unpaired) electrons. The lowest BCUT2D eigenvalue weighted by Gasteiger charge is -2.08. The first-order valence-electron chi connectivity index (χ1n) is 6.27. The highest BCUT2D eigenvalue weighted by molar-refractivity contribution is 6.12. The number of carbonyl (C=O) groups is 1. The van der Waals surface area contributed by atoms with E-state index in [2.05, 4.69) is 5.32 Å². The summed E-state index contributed by atoms with van der Waals surface area (Å²) in [5, 5.41) is 3.59. The summed E-state index contributed by atoms with van der Waals surface area (Å²) in [7, 11) is 1.88. The maximum absolute atomic E-state index is 13.6. The number of aryl methyl sites for hydroxylation is 1. The number of amides is 1. The van der Waals surface area contributed by atoms with E-state index in [0.29, 0.717) is 5.56 Å². The van der Waals surface area contributed by atoms with Crippen molar-refractivity contribution in [2.75, 3.05) is 5.32 Å². The smallest absolute Gasteiger partial charge is 0.257 e. The number of hydrogen-bond acceptors (Lipinski definition) is 1. The molecule has 2 aromatic carbocycles. The van der Waals surface area contributed by atoms with Crippen LogP contribution in [-0.4, -0.2) is 10.5 Å². The summed E-state index contributed by atoms with van der Waals surface area (Å²) in [4.78, 5) is 12.3. The Morgan fingerprint density at radius 1 is 1.10 bits per heavy atom. The molecular formula is C16H13FN2O. The van der Waals surface area contributed by atoms with E-state index in [-0.39, 0.29) is 11.6 Å². The van der Waals surface area contributed by atoms with E-state index >= 15 is 0 Å². The van der Waals surface area contributed by atoms with Crippen LogP contribution in [0.4, 0.5) is 10.1 Å². The molecule has 3 rings (SSSR count). The molecule has 100 valence electrons. The lowest BCUT2D eigenvalue weighted by atomic mass is 10.1. The molecule has 3 nitrogen and oxygen atoms in total. The molecule has 20 heavy (non-hydrogen) atoms. The molecule has 4 heteroatoms. The minimum absolute atomic E-state index is 0.184. The van der Waals surface area contributed by atoms with Crippen LogP contribution in [0.2, 0.25) is 0 Å². The highest BCUT2D eigenvalue weighted by Gasteiger charge is 2.13. The van der Waals surface area contributed by atoms with Crippen LogP contribution >= 0.6 is 0 Å². The number of anilines is 1. The van der Waals surface area contributed by atoms with Gasteiger partial charge in [-0.05, 0) is 24.3 Å². The van der Waals surface area contributed by atoms with Crippen LogP contribution in [-0.2, 0) is 7.05 Å². The highest BCUT2D eigenvalue weighted by Crippen LogP contribution is 2.21. The monoisotopic (exact) mass is 268 g/mol. The summed E-state index contributed by atoms with van der Waals surface area (Å²) in [6.45, 7) is 0. The molecule has 0 bridgehead atoms. The SMILES string of the molecule is Cn1ccc2cccc(C(=O)Nc3ccccc3F)c21. The van der Waals surface area contributed by atoms with E-state index in [1.54, 1.807) is 24.3 Å². The van der Waals surface area contributed by atoms with Crippen molar-refractivity contribution in [3.8, 4) is 0 Å². The molecule has 0 spiro atoms. The number of rotatable bonds is 2. The molecule has 0 saturated heterocycles. The molecule has 1 amide bonds. The number of hydrogen-bond donors (Lipinski definition) is 1. The van der Waals surface area contributed by atoms with Crippen molar-refractivity contribution in [1.82, 2.24) is 4.57 Å². The summed E-state index contributed by atoms with van der Waals surface area (Å²) in [6.07, 6.45) is 1.89. The second kappa shape index (κ2) is 4.81. The third-order valence-electron chi connectivity index (χ3n) is 3.26. The normalized spacial score (nSPS) is 10.7. The van der Waals surface area contributed by atoms with Gasteiger partial charge in [0.2, 0.25) is 0 Å². The van der Waals surface area contributed by atoms with Crippen molar-refractivity contribution in [3.63, 3.8) is 0 Å². The Labute approximate surface area is 115 Å². The summed E-state index contributed by atoms with van der Waals surface area (Å²) >= 11 is 0. The van der Waals surface area contributed by atoms with Crippen LogP contribution in [0.3, 0.4) is 0 Å². The average Bonchev–Trinajstić information content (AvgIpc) is 2.83. The van der Waals surface area contributed by atoms with E-state index in [1.807, 2.05) is 36.0 Å². The number of benzene rings is 2. The zero-order valence-electron chi connectivity index (χ0n) is 10.9. The Morgan fingerprint density at radius 2 is 1.90 bits per heavy atom. The molecule has 0 saturated carbocycles. The molecule has 1 N–H and O–H groups in total. The summed E-state index contributed by atoms with van der Waals surface area (Å²) in [6, 6.07) is 13.6. The number of halogens is 1. The van der Waals surface area contributed by atoms with Gasteiger partial charge >= 0.3 is 0 Å². The summed E-state index contributed by atoms with van der Waals surface area (Å²) in [5.74, 6) is -0.762. The fourth-order valence-electron chi connectivity index (χ4n) is 2.29. The topological polar surface area (TPSA) is 34.0 Å². The average molecular weight is 268 g/mol. The van der Waals surface area contributed by atoms with E-state index in [9.17, 15) is 9.18 Å². The minimum Gasteiger partial charge on any atom is -0.350 e. The molecule has 0 unspecified atom stereocenters. The van der Waals surface area contributed by atoms with Gasteiger partial charge in [0.1, 0.15) is 5.82 Å². The predicted molar refractivity (Wildman–Crippen MR) is 77.3 cm³/mol. The molecule has 0 atom stereocenters. The number of para-hydroxylation sites is 2. The van der Waals surface area contributed by atoms with Gasteiger partial charge in [-0.25, -0.2) is 4.39 Å². The second-order valence-corrected chi connectivity index (χ2v) is 4.60. The zero-order chi connectivity index (χ0) is 14.1. The van der Waals surface area contributed by atoms with E-state index in [1.165, 1.54) is 6.07 Å². The quantitative estimate of drug-likeness (QED) is 0.757. The Morgan fingerprint density at radius 3 is 2.70 bits per heavy atom. The highest BCUT2D eigenvalue weighted by atomic mass is 19.1. The molecule has 1 heterocycles. The Hall–Kier alpha value is -2.62. The minimum atomic E-state index is -0.445. The fraction of sp³-hybridized carbons (Fsp3) is 0.0625. The van der Waals surface area contributed by atoms with Gasteiger partial charge in [0.15, 0.2) is 0 Å². The number of carbonyl (C=O) groups excluding carboxylic acids is 1. The molecule has 3 aromatic rings. The summed E-state index contributed by atoms with van der Waals surface area (Å²) < 4.78 is 15.5. The van der Waals surface area contributed by atoms with Crippen molar-refractivity contribution in [3.05, 3.63) is 66.1 Å². The Balaban J connectivity index is 2.01. The van der Waals surface area contributed by atoms with E-state index in [0.717, 1.165) is 10.9 Å². The molecule has 0 aliphatic heterocycles. The molecular weight excluding hydrogens is 255 g/mol. The number of aromatic nitrogens is 1. The molecule has 1 aromatic heterocycles. The molecule has 0 aliphatic rings. The fourth-order valence-corrected chi connectivity index (χ4v) is 2.29. The van der Waals surface area contributed by atoms with Crippen LogP contribution in [0, 0.1) is 5.82 Å². The van der Waals surface area contributed by atoms with Gasteiger partial charge in [-0.2, -0.15) is 0 Å². The number of nitrogens with zero attached hydrogens (tertiary/aromatic N) is 1. The van der Waals surface area contributed by atoms with Crippen LogP contribution in [0.5, 0.6) is 0 Å². The first-order valence-corrected chi connectivity index (χ1v) is 6.27. The van der Waals surface area contributed by atoms with E-state index < -0.39 is 5.82 Å². The van der Waals surface area contributed by atoms with Gasteiger partial charge in [-0.3, -0.25) is 4.79 Å². The zero-order valence-corrected chi connectivity index (χ0v) is 10.9. The van der Waals surface area contributed by atoms with Crippen molar-refractivity contribution >= 4 is 22.5 Å². The molecule has 0 aliphatic carbocycles. The predicted octanol–water partition coefficient (Wildman–Crippen LogP) is 3.57. The van der Waals surface area contributed by atoms with E-state index in [4.69, 9.17) is 0 Å². The van der Waals surface area contributed by atoms with Crippen LogP contribution in [0.15, 0.2) is 54.7 Å². The third-order valence-corrected chi connectivity index (χ3v) is 3.26. The largest absolute Gasteiger partial charge is 0.350 e. The standard InChI is InChI=1S/C16H13FN2O/c1-19-10-9-11-5-4-6-12(15(11)19)16(20)18-14-8-3-2-7-13(14)17/h2-10H,1H3,(H,18,20). The van der Waals surface area contributed by atoms with Crippen molar-refractivity contribution in [1.29, 1.82) is 0 Å². The van der Waals surface area contributed by atoms with Crippen molar-refractivity contribution in [2.24, 2.45) is 7.05 Å². The lowest BCUT2D eigenvalue weighted by molar-refractivity contribution is 0.102. The van der Waals surface area contributed by atoms with Crippen molar-refractivity contribution < 1.29 is 9.18 Å². The van der Waals surface area contributed by atoms with Gasteiger partial charge in [0.05, 0.1) is 16.8 Å².